The molecule has 174 valence electrons. The number of hydrogen-bond donors (Lipinski definition) is 1. The number of benzene rings is 2. The van der Waals surface area contributed by atoms with Crippen molar-refractivity contribution in [3.63, 3.8) is 0 Å². The Morgan fingerprint density at radius 2 is 1.72 bits per heavy atom. The maximum atomic E-state index is 14.4. The molecule has 0 saturated heterocycles. The minimum atomic E-state index is -0.789. The molecule has 0 saturated carbocycles. The van der Waals surface area contributed by atoms with Gasteiger partial charge in [-0.1, -0.05) is 46.8 Å². The fourth-order valence-electron chi connectivity index (χ4n) is 3.42. The monoisotopic (exact) mass is 443 g/mol. The number of anilines is 1. The second kappa shape index (κ2) is 10.3. The van der Waals surface area contributed by atoms with Crippen molar-refractivity contribution in [3.8, 4) is 0 Å². The van der Waals surface area contributed by atoms with E-state index in [0.717, 1.165) is 23.6 Å². The molecule has 2 aromatic carbocycles. The Labute approximate surface area is 190 Å². The van der Waals surface area contributed by atoms with Gasteiger partial charge in [0.1, 0.15) is 5.82 Å². The van der Waals surface area contributed by atoms with E-state index in [0.29, 0.717) is 12.3 Å². The zero-order chi connectivity index (χ0) is 24.1. The quantitative estimate of drug-likeness (QED) is 0.519. The first-order chi connectivity index (χ1) is 14.9. The van der Waals surface area contributed by atoms with Crippen LogP contribution in [0.1, 0.15) is 79.8 Å². The van der Waals surface area contributed by atoms with E-state index >= 15 is 0 Å². The molecule has 1 N–H and O–H groups in total. The van der Waals surface area contributed by atoms with Gasteiger partial charge in [-0.05, 0) is 59.6 Å². The smallest absolute Gasteiger partial charge is 0.341 e. The number of esters is 1. The predicted octanol–water partition coefficient (Wildman–Crippen LogP) is 5.87. The molecule has 2 rings (SSSR count). The maximum absolute atomic E-state index is 14.4. The Bertz CT molecular complexity index is 976. The van der Waals surface area contributed by atoms with E-state index in [1.165, 1.54) is 12.1 Å². The number of carbonyl (C=O) groups is 2. The highest BCUT2D eigenvalue weighted by atomic mass is 19.1. The molecule has 0 aliphatic rings. The first kappa shape index (κ1) is 25.5. The van der Waals surface area contributed by atoms with Crippen molar-refractivity contribution in [1.82, 2.24) is 0 Å². The van der Waals surface area contributed by atoms with Gasteiger partial charge in [0.05, 0.1) is 12.2 Å². The molecule has 0 fully saturated rings. The van der Waals surface area contributed by atoms with Crippen LogP contribution in [0.2, 0.25) is 0 Å². The Morgan fingerprint density at radius 3 is 2.28 bits per heavy atom. The summed E-state index contributed by atoms with van der Waals surface area (Å²) in [6.45, 7) is 13.0. The molecular formula is C26H34FNO4. The molecule has 0 heterocycles. The van der Waals surface area contributed by atoms with Crippen LogP contribution in [-0.2, 0) is 20.3 Å². The van der Waals surface area contributed by atoms with E-state index in [9.17, 15) is 14.0 Å². The molecule has 0 unspecified atom stereocenters. The number of halogens is 1. The number of hydrogen-bond acceptors (Lipinski definition) is 4. The summed E-state index contributed by atoms with van der Waals surface area (Å²) < 4.78 is 24.5. The molecule has 2 aromatic rings. The van der Waals surface area contributed by atoms with Crippen molar-refractivity contribution in [3.05, 3.63) is 64.5 Å². The van der Waals surface area contributed by atoms with Gasteiger partial charge in [-0.2, -0.15) is 0 Å². The molecular weight excluding hydrogens is 409 g/mol. The third kappa shape index (κ3) is 6.16. The highest BCUT2D eigenvalue weighted by molar-refractivity contribution is 6.05. The Balaban J connectivity index is 2.34. The van der Waals surface area contributed by atoms with Gasteiger partial charge in [-0.15, -0.1) is 0 Å². The summed E-state index contributed by atoms with van der Waals surface area (Å²) in [6, 6.07) is 9.77. The second-order valence-electron chi connectivity index (χ2n) is 9.51. The fraction of sp³-hybridized carbons (Fsp3) is 0.462. The van der Waals surface area contributed by atoms with Gasteiger partial charge >= 0.3 is 5.97 Å². The van der Waals surface area contributed by atoms with Gasteiger partial charge in [0, 0.05) is 25.0 Å². The van der Waals surface area contributed by atoms with Crippen molar-refractivity contribution in [2.45, 2.75) is 58.8 Å². The number of ether oxygens (including phenoxy) is 2. The largest absolute Gasteiger partial charge is 0.462 e. The van der Waals surface area contributed by atoms with Crippen molar-refractivity contribution in [2.75, 3.05) is 25.6 Å². The Hall–Kier alpha value is -2.73. The lowest BCUT2D eigenvalue weighted by Crippen LogP contribution is -2.23. The lowest BCUT2D eigenvalue weighted by Gasteiger charge is -2.29. The van der Waals surface area contributed by atoms with Crippen molar-refractivity contribution < 1.29 is 23.5 Å². The number of nitrogens with one attached hydrogen (secondary N) is 1. The van der Waals surface area contributed by atoms with Crippen LogP contribution in [0.15, 0.2) is 36.4 Å². The standard InChI is InChI=1S/C26H34FNO4/c1-8-32-24(30)19-11-9-17(15-21(19)27)23(29)28-22-12-10-18(16-20(22)25(2,3)4)26(5,6)13-14-31-7/h9-12,15-16H,8,13-14H2,1-7H3,(H,28,29). The van der Waals surface area contributed by atoms with Gasteiger partial charge in [-0.3, -0.25) is 4.79 Å². The molecule has 5 nitrogen and oxygen atoms in total. The van der Waals surface area contributed by atoms with Gasteiger partial charge in [0.15, 0.2) is 0 Å². The number of amides is 1. The fourth-order valence-corrected chi connectivity index (χ4v) is 3.42. The van der Waals surface area contributed by atoms with E-state index in [1.807, 2.05) is 12.1 Å². The lowest BCUT2D eigenvalue weighted by molar-refractivity contribution is 0.0520. The average molecular weight is 444 g/mol. The topological polar surface area (TPSA) is 64.6 Å². The summed E-state index contributed by atoms with van der Waals surface area (Å²) in [5, 5.41) is 2.91. The molecule has 0 radical (unpaired) electrons. The second-order valence-corrected chi connectivity index (χ2v) is 9.51. The van der Waals surface area contributed by atoms with E-state index in [-0.39, 0.29) is 28.6 Å². The summed E-state index contributed by atoms with van der Waals surface area (Å²) in [5.41, 5.74) is 2.42. The zero-order valence-electron chi connectivity index (χ0n) is 20.1. The third-order valence-corrected chi connectivity index (χ3v) is 5.52. The number of methoxy groups -OCH3 is 1. The molecule has 0 atom stereocenters. The minimum absolute atomic E-state index is 0.0927. The number of carbonyl (C=O) groups excluding carboxylic acids is 2. The molecule has 0 aromatic heterocycles. The van der Waals surface area contributed by atoms with Crippen molar-refractivity contribution in [2.24, 2.45) is 0 Å². The summed E-state index contributed by atoms with van der Waals surface area (Å²) in [7, 11) is 1.69. The summed E-state index contributed by atoms with van der Waals surface area (Å²) in [6.07, 6.45) is 0.866. The van der Waals surface area contributed by atoms with Crippen LogP contribution >= 0.6 is 0 Å². The third-order valence-electron chi connectivity index (χ3n) is 5.52. The van der Waals surface area contributed by atoms with Crippen LogP contribution in [0.4, 0.5) is 10.1 Å². The molecule has 0 aliphatic heterocycles. The summed E-state index contributed by atoms with van der Waals surface area (Å²) in [4.78, 5) is 24.7. The molecule has 0 spiro atoms. The predicted molar refractivity (Wildman–Crippen MR) is 125 cm³/mol. The van der Waals surface area contributed by atoms with Crippen LogP contribution in [-0.4, -0.2) is 32.2 Å². The molecule has 1 amide bonds. The first-order valence-corrected chi connectivity index (χ1v) is 10.8. The molecule has 6 heteroatoms. The summed E-state index contributed by atoms with van der Waals surface area (Å²) in [5.74, 6) is -1.99. The van der Waals surface area contributed by atoms with Crippen LogP contribution in [0.3, 0.4) is 0 Å². The highest BCUT2D eigenvalue weighted by Crippen LogP contribution is 2.36. The Morgan fingerprint density at radius 1 is 1.03 bits per heavy atom. The van der Waals surface area contributed by atoms with Crippen molar-refractivity contribution in [1.29, 1.82) is 0 Å². The maximum Gasteiger partial charge on any atom is 0.341 e. The molecule has 32 heavy (non-hydrogen) atoms. The normalized spacial score (nSPS) is 11.9. The van der Waals surface area contributed by atoms with Gasteiger partial charge < -0.3 is 14.8 Å². The molecule has 0 aliphatic carbocycles. The zero-order valence-corrected chi connectivity index (χ0v) is 20.1. The number of rotatable bonds is 8. The Kier molecular flexibility index (Phi) is 8.18. The lowest BCUT2D eigenvalue weighted by atomic mass is 9.77. The highest BCUT2D eigenvalue weighted by Gasteiger charge is 2.26. The van der Waals surface area contributed by atoms with E-state index in [2.05, 4.69) is 46.0 Å². The van der Waals surface area contributed by atoms with Gasteiger partial charge in [0.25, 0.3) is 5.91 Å². The molecule has 0 bridgehead atoms. The van der Waals surface area contributed by atoms with Crippen LogP contribution in [0.5, 0.6) is 0 Å². The van der Waals surface area contributed by atoms with E-state index in [1.54, 1.807) is 14.0 Å². The van der Waals surface area contributed by atoms with Crippen LogP contribution in [0, 0.1) is 5.82 Å². The van der Waals surface area contributed by atoms with Gasteiger partial charge in [0.2, 0.25) is 0 Å². The summed E-state index contributed by atoms with van der Waals surface area (Å²) >= 11 is 0. The average Bonchev–Trinajstić information content (AvgIpc) is 2.71. The van der Waals surface area contributed by atoms with E-state index in [4.69, 9.17) is 9.47 Å². The van der Waals surface area contributed by atoms with Gasteiger partial charge in [-0.25, -0.2) is 9.18 Å². The first-order valence-electron chi connectivity index (χ1n) is 10.8. The SMILES string of the molecule is CCOC(=O)c1ccc(C(=O)Nc2ccc(C(C)(C)CCOC)cc2C(C)(C)C)cc1F. The van der Waals surface area contributed by atoms with Crippen molar-refractivity contribution >= 4 is 17.6 Å². The van der Waals surface area contributed by atoms with Crippen LogP contribution < -0.4 is 5.32 Å². The van der Waals surface area contributed by atoms with E-state index < -0.39 is 17.7 Å². The van der Waals surface area contributed by atoms with Crippen LogP contribution in [0.25, 0.3) is 0 Å². The minimum Gasteiger partial charge on any atom is -0.462 e.